The minimum atomic E-state index is -0.520. The lowest BCUT2D eigenvalue weighted by molar-refractivity contribution is -0.124. The fourth-order valence-electron chi connectivity index (χ4n) is 2.41. The van der Waals surface area contributed by atoms with Crippen molar-refractivity contribution in [1.82, 2.24) is 0 Å². The quantitative estimate of drug-likeness (QED) is 0.778. The Labute approximate surface area is 151 Å². The number of thiophene rings is 2. The van der Waals surface area contributed by atoms with Gasteiger partial charge in [-0.15, -0.1) is 22.7 Å². The summed E-state index contributed by atoms with van der Waals surface area (Å²) in [4.78, 5) is 36.4. The third kappa shape index (κ3) is 3.89. The highest BCUT2D eigenvalue weighted by atomic mass is 32.1. The maximum absolute atomic E-state index is 12.5. The number of hydrogen-bond donors (Lipinski definition) is 2. The second-order valence-corrected chi connectivity index (χ2v) is 7.10. The molecule has 0 bridgehead atoms. The molecule has 0 spiro atoms. The molecular formula is C16H16N2O5S2. The molecule has 7 nitrogen and oxygen atoms in total. The van der Waals surface area contributed by atoms with Gasteiger partial charge in [0.2, 0.25) is 0 Å². The summed E-state index contributed by atoms with van der Waals surface area (Å²) in [6.07, 6.45) is 1.06. The van der Waals surface area contributed by atoms with E-state index in [4.69, 9.17) is 4.74 Å². The first-order chi connectivity index (χ1) is 12.1. The van der Waals surface area contributed by atoms with Crippen LogP contribution in [0, 0.1) is 0 Å². The standard InChI is InChI=1S/C16H16N2O5S2/c1-22-16(21)10-5-8-25-15(10)17-12(19)9-4-7-24-14(9)18-13(20)11-3-2-6-23-11/h4-5,7-8,11H,2-3,6H2,1H3,(H,17,19)(H,18,20)/t11-/m1/s1. The summed E-state index contributed by atoms with van der Waals surface area (Å²) in [7, 11) is 1.28. The second-order valence-electron chi connectivity index (χ2n) is 5.26. The first-order valence-electron chi connectivity index (χ1n) is 7.57. The molecule has 25 heavy (non-hydrogen) atoms. The topological polar surface area (TPSA) is 93.7 Å². The van der Waals surface area contributed by atoms with Crippen LogP contribution in [0.25, 0.3) is 0 Å². The average Bonchev–Trinajstić information content (AvgIpc) is 3.35. The van der Waals surface area contributed by atoms with Crippen LogP contribution < -0.4 is 10.6 Å². The third-order valence-electron chi connectivity index (χ3n) is 3.67. The van der Waals surface area contributed by atoms with Crippen LogP contribution in [0.15, 0.2) is 22.9 Å². The maximum Gasteiger partial charge on any atom is 0.340 e. The number of rotatable bonds is 5. The highest BCUT2D eigenvalue weighted by Gasteiger charge is 2.26. The summed E-state index contributed by atoms with van der Waals surface area (Å²) in [6.45, 7) is 0.574. The number of nitrogens with one attached hydrogen (secondary N) is 2. The Hall–Kier alpha value is -2.23. The van der Waals surface area contributed by atoms with Gasteiger partial charge in [-0.3, -0.25) is 9.59 Å². The molecule has 3 rings (SSSR count). The Balaban J connectivity index is 1.71. The lowest BCUT2D eigenvalue weighted by Gasteiger charge is -2.11. The van der Waals surface area contributed by atoms with Crippen molar-refractivity contribution in [2.24, 2.45) is 0 Å². The van der Waals surface area contributed by atoms with E-state index in [1.807, 2.05) is 0 Å². The Morgan fingerprint density at radius 3 is 2.44 bits per heavy atom. The minimum absolute atomic E-state index is 0.250. The number of anilines is 2. The molecule has 1 aliphatic rings. The molecule has 0 radical (unpaired) electrons. The molecule has 1 atom stereocenters. The number of amides is 2. The van der Waals surface area contributed by atoms with Crippen molar-refractivity contribution in [3.63, 3.8) is 0 Å². The molecule has 0 aromatic carbocycles. The van der Waals surface area contributed by atoms with Gasteiger partial charge in [0, 0.05) is 6.61 Å². The van der Waals surface area contributed by atoms with Crippen molar-refractivity contribution >= 4 is 50.5 Å². The van der Waals surface area contributed by atoms with E-state index in [9.17, 15) is 14.4 Å². The van der Waals surface area contributed by atoms with Crippen LogP contribution >= 0.6 is 22.7 Å². The summed E-state index contributed by atoms with van der Waals surface area (Å²) >= 11 is 2.48. The second kappa shape index (κ2) is 7.77. The van der Waals surface area contributed by atoms with Crippen molar-refractivity contribution in [3.8, 4) is 0 Å². The highest BCUT2D eigenvalue weighted by Crippen LogP contribution is 2.28. The van der Waals surface area contributed by atoms with Crippen LogP contribution in [-0.2, 0) is 14.3 Å². The van der Waals surface area contributed by atoms with E-state index >= 15 is 0 Å². The van der Waals surface area contributed by atoms with Gasteiger partial charge in [0.1, 0.15) is 16.1 Å². The molecule has 2 aromatic heterocycles. The summed E-state index contributed by atoms with van der Waals surface area (Å²) in [6, 6.07) is 3.20. The van der Waals surface area contributed by atoms with E-state index in [-0.39, 0.29) is 5.91 Å². The number of methoxy groups -OCH3 is 1. The van der Waals surface area contributed by atoms with E-state index in [1.54, 1.807) is 22.9 Å². The predicted octanol–water partition coefficient (Wildman–Crippen LogP) is 2.97. The smallest absolute Gasteiger partial charge is 0.340 e. The molecule has 0 saturated carbocycles. The molecule has 9 heteroatoms. The maximum atomic E-state index is 12.5. The molecule has 0 aliphatic carbocycles. The molecule has 1 saturated heterocycles. The highest BCUT2D eigenvalue weighted by molar-refractivity contribution is 7.15. The number of carbonyl (C=O) groups excluding carboxylic acids is 3. The first kappa shape index (κ1) is 17.6. The number of esters is 1. The zero-order chi connectivity index (χ0) is 17.8. The van der Waals surface area contributed by atoms with Gasteiger partial charge >= 0.3 is 5.97 Å². The third-order valence-corrected chi connectivity index (χ3v) is 5.33. The first-order valence-corrected chi connectivity index (χ1v) is 9.33. The summed E-state index contributed by atoms with van der Waals surface area (Å²) in [5.74, 6) is -1.18. The fourth-order valence-corrected chi connectivity index (χ4v) is 3.97. The fraction of sp³-hybridized carbons (Fsp3) is 0.312. The molecule has 2 N–H and O–H groups in total. The van der Waals surface area contributed by atoms with Crippen molar-refractivity contribution in [2.45, 2.75) is 18.9 Å². The molecule has 3 heterocycles. The van der Waals surface area contributed by atoms with Crippen LogP contribution in [-0.4, -0.2) is 37.6 Å². The average molecular weight is 380 g/mol. The normalized spacial score (nSPS) is 16.4. The van der Waals surface area contributed by atoms with Crippen LogP contribution in [0.5, 0.6) is 0 Å². The van der Waals surface area contributed by atoms with E-state index < -0.39 is 18.0 Å². The SMILES string of the molecule is COC(=O)c1ccsc1NC(=O)c1ccsc1NC(=O)[C@H]1CCCO1. The van der Waals surface area contributed by atoms with Crippen molar-refractivity contribution in [3.05, 3.63) is 34.0 Å². The molecule has 1 aliphatic heterocycles. The van der Waals surface area contributed by atoms with Crippen LogP contribution in [0.3, 0.4) is 0 Å². The molecular weight excluding hydrogens is 364 g/mol. The van der Waals surface area contributed by atoms with Gasteiger partial charge in [0.25, 0.3) is 11.8 Å². The Morgan fingerprint density at radius 2 is 1.80 bits per heavy atom. The summed E-state index contributed by atoms with van der Waals surface area (Å²) < 4.78 is 10.0. The molecule has 0 unspecified atom stereocenters. The van der Waals surface area contributed by atoms with Crippen LogP contribution in [0.2, 0.25) is 0 Å². The van der Waals surface area contributed by atoms with Crippen LogP contribution in [0.1, 0.15) is 33.6 Å². The summed E-state index contributed by atoms with van der Waals surface area (Å²) in [5, 5.41) is 9.70. The number of hydrogen-bond acceptors (Lipinski definition) is 7. The van der Waals surface area contributed by atoms with E-state index in [2.05, 4.69) is 15.4 Å². The van der Waals surface area contributed by atoms with Gasteiger partial charge in [0.05, 0.1) is 18.2 Å². The zero-order valence-electron chi connectivity index (χ0n) is 13.4. The molecule has 132 valence electrons. The monoisotopic (exact) mass is 380 g/mol. The predicted molar refractivity (Wildman–Crippen MR) is 95.5 cm³/mol. The van der Waals surface area contributed by atoms with Gasteiger partial charge in [0.15, 0.2) is 0 Å². The van der Waals surface area contributed by atoms with Gasteiger partial charge in [-0.2, -0.15) is 0 Å². The summed E-state index contributed by atoms with van der Waals surface area (Å²) in [5.41, 5.74) is 0.626. The minimum Gasteiger partial charge on any atom is -0.465 e. The lowest BCUT2D eigenvalue weighted by atomic mass is 10.2. The van der Waals surface area contributed by atoms with Gasteiger partial charge in [-0.05, 0) is 35.7 Å². The largest absolute Gasteiger partial charge is 0.465 e. The molecule has 2 aromatic rings. The van der Waals surface area contributed by atoms with Gasteiger partial charge in [-0.25, -0.2) is 4.79 Å². The van der Waals surface area contributed by atoms with Gasteiger partial charge < -0.3 is 20.1 Å². The van der Waals surface area contributed by atoms with E-state index in [1.165, 1.54) is 29.8 Å². The molecule has 2 amide bonds. The lowest BCUT2D eigenvalue weighted by Crippen LogP contribution is -2.27. The van der Waals surface area contributed by atoms with E-state index in [0.717, 1.165) is 6.42 Å². The van der Waals surface area contributed by atoms with Crippen molar-refractivity contribution in [1.29, 1.82) is 0 Å². The Bertz CT molecular complexity index is 792. The van der Waals surface area contributed by atoms with Crippen LogP contribution in [0.4, 0.5) is 10.0 Å². The Morgan fingerprint density at radius 1 is 1.12 bits per heavy atom. The van der Waals surface area contributed by atoms with Crippen molar-refractivity contribution < 1.29 is 23.9 Å². The molecule has 1 fully saturated rings. The number of carbonyl (C=O) groups is 3. The zero-order valence-corrected chi connectivity index (χ0v) is 15.0. The van der Waals surface area contributed by atoms with E-state index in [0.29, 0.717) is 34.2 Å². The van der Waals surface area contributed by atoms with Crippen molar-refractivity contribution in [2.75, 3.05) is 24.4 Å². The Kier molecular flexibility index (Phi) is 5.47. The van der Waals surface area contributed by atoms with Gasteiger partial charge in [-0.1, -0.05) is 0 Å². The number of ether oxygens (including phenoxy) is 2.